The summed E-state index contributed by atoms with van der Waals surface area (Å²) in [5.41, 5.74) is 0.522. The first-order chi connectivity index (χ1) is 13.0. The molecule has 3 N–H and O–H groups in total. The van der Waals surface area contributed by atoms with E-state index in [0.29, 0.717) is 35.7 Å². The molecule has 0 aromatic carbocycles. The number of carbonyl (C=O) groups is 1. The van der Waals surface area contributed by atoms with E-state index in [2.05, 4.69) is 6.92 Å². The molecule has 0 aromatic heterocycles. The Morgan fingerprint density at radius 1 is 1.15 bits per heavy atom. The SMILES string of the molecule is C[C@H]1CCCC2C(C3CCC(CO)C=C3C(=O)O)C3CCC(O)CC3OC21. The molecule has 0 radical (unpaired) electrons. The Morgan fingerprint density at radius 2 is 1.96 bits per heavy atom. The molecule has 4 rings (SSSR count). The molecule has 8 unspecified atom stereocenters. The lowest BCUT2D eigenvalue weighted by Gasteiger charge is -2.56. The van der Waals surface area contributed by atoms with Gasteiger partial charge >= 0.3 is 5.97 Å². The smallest absolute Gasteiger partial charge is 0.331 e. The summed E-state index contributed by atoms with van der Waals surface area (Å²) in [7, 11) is 0. The van der Waals surface area contributed by atoms with Gasteiger partial charge < -0.3 is 20.1 Å². The average molecular weight is 379 g/mol. The van der Waals surface area contributed by atoms with Gasteiger partial charge in [0.2, 0.25) is 0 Å². The molecule has 0 bridgehead atoms. The van der Waals surface area contributed by atoms with Gasteiger partial charge in [-0.1, -0.05) is 19.4 Å². The van der Waals surface area contributed by atoms with E-state index < -0.39 is 5.97 Å². The molecule has 0 spiro atoms. The fourth-order valence-electron chi connectivity index (χ4n) is 6.70. The van der Waals surface area contributed by atoms with E-state index in [0.717, 1.165) is 32.1 Å². The normalized spacial score (nSPS) is 47.5. The molecule has 27 heavy (non-hydrogen) atoms. The molecule has 3 aliphatic carbocycles. The summed E-state index contributed by atoms with van der Waals surface area (Å²) in [5, 5.41) is 29.7. The van der Waals surface area contributed by atoms with Crippen LogP contribution in [-0.2, 0) is 9.53 Å². The van der Waals surface area contributed by atoms with Crippen LogP contribution in [0.4, 0.5) is 0 Å². The van der Waals surface area contributed by atoms with Gasteiger partial charge in [-0.15, -0.1) is 0 Å². The maximum Gasteiger partial charge on any atom is 0.331 e. The average Bonchev–Trinajstić information content (AvgIpc) is 2.66. The molecule has 0 aromatic rings. The third-order valence-electron chi connectivity index (χ3n) is 7.92. The Balaban J connectivity index is 1.69. The summed E-state index contributed by atoms with van der Waals surface area (Å²) in [6, 6.07) is 0. The second-order valence-corrected chi connectivity index (χ2v) is 9.47. The third-order valence-corrected chi connectivity index (χ3v) is 7.92. The summed E-state index contributed by atoms with van der Waals surface area (Å²) in [5.74, 6) is 0.787. The van der Waals surface area contributed by atoms with E-state index in [9.17, 15) is 20.1 Å². The quantitative estimate of drug-likeness (QED) is 0.703. The van der Waals surface area contributed by atoms with Gasteiger partial charge in [-0.05, 0) is 74.5 Å². The summed E-state index contributed by atoms with van der Waals surface area (Å²) in [6.45, 7) is 2.29. The van der Waals surface area contributed by atoms with Crippen LogP contribution in [0.5, 0.6) is 0 Å². The predicted molar refractivity (Wildman–Crippen MR) is 101 cm³/mol. The van der Waals surface area contributed by atoms with Gasteiger partial charge in [0.15, 0.2) is 0 Å². The first-order valence-electron chi connectivity index (χ1n) is 10.9. The molecule has 9 atom stereocenters. The van der Waals surface area contributed by atoms with Gasteiger partial charge in [0.1, 0.15) is 0 Å². The monoisotopic (exact) mass is 378 g/mol. The maximum atomic E-state index is 12.1. The number of fused-ring (bicyclic) bond motifs is 2. The number of aliphatic hydroxyl groups is 2. The van der Waals surface area contributed by atoms with Gasteiger partial charge in [-0.25, -0.2) is 4.79 Å². The van der Waals surface area contributed by atoms with Crippen molar-refractivity contribution < 1.29 is 24.9 Å². The van der Waals surface area contributed by atoms with Crippen LogP contribution >= 0.6 is 0 Å². The zero-order valence-electron chi connectivity index (χ0n) is 16.3. The molecular weight excluding hydrogens is 344 g/mol. The van der Waals surface area contributed by atoms with Crippen LogP contribution in [0.25, 0.3) is 0 Å². The summed E-state index contributed by atoms with van der Waals surface area (Å²) < 4.78 is 6.57. The molecule has 152 valence electrons. The highest BCUT2D eigenvalue weighted by molar-refractivity contribution is 5.87. The molecule has 5 nitrogen and oxygen atoms in total. The lowest BCUT2D eigenvalue weighted by atomic mass is 9.56. The van der Waals surface area contributed by atoms with Crippen molar-refractivity contribution in [2.24, 2.45) is 35.5 Å². The summed E-state index contributed by atoms with van der Waals surface area (Å²) >= 11 is 0. The molecule has 3 fully saturated rings. The van der Waals surface area contributed by atoms with E-state index in [1.54, 1.807) is 0 Å². The summed E-state index contributed by atoms with van der Waals surface area (Å²) in [6.07, 6.45) is 9.42. The first kappa shape index (κ1) is 19.4. The van der Waals surface area contributed by atoms with Crippen molar-refractivity contribution >= 4 is 5.97 Å². The number of aliphatic carboxylic acids is 1. The van der Waals surface area contributed by atoms with Crippen molar-refractivity contribution in [3.05, 3.63) is 11.6 Å². The van der Waals surface area contributed by atoms with Crippen molar-refractivity contribution in [2.45, 2.75) is 76.6 Å². The number of aliphatic hydroxyl groups excluding tert-OH is 2. The number of hydrogen-bond acceptors (Lipinski definition) is 4. The number of ether oxygens (including phenoxy) is 1. The minimum atomic E-state index is -0.822. The molecular formula is C22H34O5. The van der Waals surface area contributed by atoms with Crippen LogP contribution in [0, 0.1) is 35.5 Å². The zero-order valence-corrected chi connectivity index (χ0v) is 16.3. The molecule has 1 aliphatic heterocycles. The minimum Gasteiger partial charge on any atom is -0.478 e. The van der Waals surface area contributed by atoms with Crippen molar-refractivity contribution in [1.29, 1.82) is 0 Å². The lowest BCUT2D eigenvalue weighted by Crippen LogP contribution is -2.56. The van der Waals surface area contributed by atoms with E-state index in [1.165, 1.54) is 12.8 Å². The van der Waals surface area contributed by atoms with Gasteiger partial charge in [0.05, 0.1) is 18.3 Å². The second kappa shape index (κ2) is 7.84. The number of carboxylic acid groups (broad SMARTS) is 1. The molecule has 1 saturated heterocycles. The third kappa shape index (κ3) is 3.58. The topological polar surface area (TPSA) is 87.0 Å². The van der Waals surface area contributed by atoms with Gasteiger partial charge in [-0.3, -0.25) is 0 Å². The fourth-order valence-corrected chi connectivity index (χ4v) is 6.70. The van der Waals surface area contributed by atoms with Gasteiger partial charge in [0.25, 0.3) is 0 Å². The Kier molecular flexibility index (Phi) is 5.64. The zero-order chi connectivity index (χ0) is 19.1. The second-order valence-electron chi connectivity index (χ2n) is 9.47. The Labute approximate surface area is 161 Å². The highest BCUT2D eigenvalue weighted by Gasteiger charge is 2.53. The number of rotatable bonds is 3. The molecule has 2 saturated carbocycles. The van der Waals surface area contributed by atoms with Crippen LogP contribution in [0.15, 0.2) is 11.6 Å². The van der Waals surface area contributed by atoms with Crippen molar-refractivity contribution in [1.82, 2.24) is 0 Å². The molecule has 5 heteroatoms. The standard InChI is InChI=1S/C22H34O5/c1-12-3-2-4-17-20(15-7-5-13(11-23)9-18(15)22(25)26)16-8-6-14(24)10-19(16)27-21(12)17/h9,12-17,19-21,23-24H,2-8,10-11H2,1H3,(H,25,26)/t12-,13?,14?,15?,16?,17?,19?,20?,21?/m0/s1. The van der Waals surface area contributed by atoms with Crippen molar-refractivity contribution in [3.63, 3.8) is 0 Å². The Bertz CT molecular complexity index is 587. The lowest BCUT2D eigenvalue weighted by molar-refractivity contribution is -0.206. The molecule has 4 aliphatic rings. The van der Waals surface area contributed by atoms with Gasteiger partial charge in [-0.2, -0.15) is 0 Å². The highest BCUT2D eigenvalue weighted by atomic mass is 16.5. The van der Waals surface area contributed by atoms with Crippen molar-refractivity contribution in [3.8, 4) is 0 Å². The molecule has 1 heterocycles. The Morgan fingerprint density at radius 3 is 2.70 bits per heavy atom. The number of carboxylic acids is 1. The fraction of sp³-hybridized carbons (Fsp3) is 0.864. The van der Waals surface area contributed by atoms with Crippen LogP contribution in [-0.4, -0.2) is 46.2 Å². The first-order valence-corrected chi connectivity index (χ1v) is 10.9. The van der Waals surface area contributed by atoms with E-state index >= 15 is 0 Å². The van der Waals surface area contributed by atoms with E-state index in [4.69, 9.17) is 4.74 Å². The summed E-state index contributed by atoms with van der Waals surface area (Å²) in [4.78, 5) is 12.1. The Hall–Kier alpha value is -0.910. The van der Waals surface area contributed by atoms with E-state index in [-0.39, 0.29) is 36.8 Å². The molecule has 0 amide bonds. The predicted octanol–water partition coefficient (Wildman–Crippen LogP) is 3.00. The van der Waals surface area contributed by atoms with E-state index in [1.807, 2.05) is 6.08 Å². The highest BCUT2D eigenvalue weighted by Crippen LogP contribution is 2.54. The van der Waals surface area contributed by atoms with Crippen LogP contribution in [0.1, 0.15) is 58.3 Å². The van der Waals surface area contributed by atoms with Crippen LogP contribution in [0.2, 0.25) is 0 Å². The minimum absolute atomic E-state index is 0.0264. The van der Waals surface area contributed by atoms with Gasteiger partial charge in [0, 0.05) is 18.1 Å². The largest absolute Gasteiger partial charge is 0.478 e. The maximum absolute atomic E-state index is 12.1. The van der Waals surface area contributed by atoms with Crippen LogP contribution in [0.3, 0.4) is 0 Å². The van der Waals surface area contributed by atoms with Crippen molar-refractivity contribution in [2.75, 3.05) is 6.61 Å². The van der Waals surface area contributed by atoms with Crippen LogP contribution < -0.4 is 0 Å². The number of hydrogen-bond donors (Lipinski definition) is 3.